The first-order valence-corrected chi connectivity index (χ1v) is 3.67. The van der Waals surface area contributed by atoms with Crippen molar-refractivity contribution in [3.05, 3.63) is 15.9 Å². The fraction of sp³-hybridized carbons (Fsp3) is 0.429. The average Bonchev–Trinajstić information content (AvgIpc) is 1.82. The summed E-state index contributed by atoms with van der Waals surface area (Å²) in [5.41, 5.74) is 11.0. The summed E-state index contributed by atoms with van der Waals surface area (Å²) in [4.78, 5) is 17.4. The number of hydrogen-bond donors (Lipinski definition) is 3. The van der Waals surface area contributed by atoms with Crippen molar-refractivity contribution in [3.8, 4) is 0 Å². The standard InChI is InChI=1S/C7H12N4O/c1-3(2)4-5(8)10-7(9)11-6(4)12/h3H,1-2H3,(H5,8,9,10,11,12). The Morgan fingerprint density at radius 1 is 1.42 bits per heavy atom. The van der Waals surface area contributed by atoms with Crippen LogP contribution in [0.5, 0.6) is 0 Å². The second-order valence-corrected chi connectivity index (χ2v) is 2.90. The Hall–Kier alpha value is -1.52. The van der Waals surface area contributed by atoms with Gasteiger partial charge in [-0.25, -0.2) is 0 Å². The van der Waals surface area contributed by atoms with Crippen LogP contribution in [0.25, 0.3) is 0 Å². The van der Waals surface area contributed by atoms with Crippen LogP contribution in [0, 0.1) is 0 Å². The van der Waals surface area contributed by atoms with Crippen molar-refractivity contribution in [3.63, 3.8) is 0 Å². The zero-order chi connectivity index (χ0) is 9.30. The monoisotopic (exact) mass is 168 g/mol. The molecule has 0 saturated carbocycles. The van der Waals surface area contributed by atoms with E-state index in [2.05, 4.69) is 9.97 Å². The first kappa shape index (κ1) is 8.58. The molecule has 1 heterocycles. The molecule has 12 heavy (non-hydrogen) atoms. The van der Waals surface area contributed by atoms with Gasteiger partial charge >= 0.3 is 0 Å². The van der Waals surface area contributed by atoms with Crippen LogP contribution >= 0.6 is 0 Å². The molecule has 0 aliphatic carbocycles. The Labute approximate surface area is 69.8 Å². The molecular weight excluding hydrogens is 156 g/mol. The van der Waals surface area contributed by atoms with E-state index in [4.69, 9.17) is 11.5 Å². The number of aromatic nitrogens is 2. The number of anilines is 2. The Morgan fingerprint density at radius 3 is 2.42 bits per heavy atom. The summed E-state index contributed by atoms with van der Waals surface area (Å²) in [5.74, 6) is 0.329. The molecule has 0 saturated heterocycles. The third-order valence-electron chi connectivity index (χ3n) is 1.58. The minimum atomic E-state index is -0.255. The Morgan fingerprint density at radius 2 is 2.00 bits per heavy atom. The van der Waals surface area contributed by atoms with E-state index in [9.17, 15) is 4.79 Å². The summed E-state index contributed by atoms with van der Waals surface area (Å²) >= 11 is 0. The van der Waals surface area contributed by atoms with E-state index < -0.39 is 0 Å². The molecule has 0 unspecified atom stereocenters. The van der Waals surface area contributed by atoms with Gasteiger partial charge < -0.3 is 11.5 Å². The molecule has 0 spiro atoms. The largest absolute Gasteiger partial charge is 0.383 e. The third kappa shape index (κ3) is 1.39. The minimum absolute atomic E-state index is 0.0573. The summed E-state index contributed by atoms with van der Waals surface area (Å²) in [5, 5.41) is 0. The van der Waals surface area contributed by atoms with Crippen LogP contribution in [-0.2, 0) is 0 Å². The van der Waals surface area contributed by atoms with Crippen molar-refractivity contribution in [1.82, 2.24) is 9.97 Å². The highest BCUT2D eigenvalue weighted by molar-refractivity contribution is 5.42. The first-order valence-electron chi connectivity index (χ1n) is 3.67. The van der Waals surface area contributed by atoms with Crippen molar-refractivity contribution in [2.45, 2.75) is 19.8 Å². The van der Waals surface area contributed by atoms with Gasteiger partial charge in [-0.2, -0.15) is 4.98 Å². The van der Waals surface area contributed by atoms with Crippen molar-refractivity contribution >= 4 is 11.8 Å². The van der Waals surface area contributed by atoms with Crippen molar-refractivity contribution in [2.24, 2.45) is 0 Å². The Balaban J connectivity index is 3.39. The van der Waals surface area contributed by atoms with Gasteiger partial charge in [0.25, 0.3) is 5.56 Å². The van der Waals surface area contributed by atoms with Crippen molar-refractivity contribution in [2.75, 3.05) is 11.5 Å². The highest BCUT2D eigenvalue weighted by Gasteiger charge is 2.10. The number of rotatable bonds is 1. The van der Waals surface area contributed by atoms with E-state index in [1.807, 2.05) is 13.8 Å². The topological polar surface area (TPSA) is 97.8 Å². The number of nitrogens with zero attached hydrogens (tertiary/aromatic N) is 1. The maximum Gasteiger partial charge on any atom is 0.257 e. The molecule has 5 N–H and O–H groups in total. The van der Waals surface area contributed by atoms with Crippen molar-refractivity contribution < 1.29 is 0 Å². The van der Waals surface area contributed by atoms with Crippen LogP contribution in [0.2, 0.25) is 0 Å². The average molecular weight is 168 g/mol. The third-order valence-corrected chi connectivity index (χ3v) is 1.58. The fourth-order valence-electron chi connectivity index (χ4n) is 1.08. The highest BCUT2D eigenvalue weighted by Crippen LogP contribution is 2.14. The molecule has 1 aromatic rings. The van der Waals surface area contributed by atoms with Crippen LogP contribution in [-0.4, -0.2) is 9.97 Å². The summed E-state index contributed by atoms with van der Waals surface area (Å²) in [6, 6.07) is 0. The van der Waals surface area contributed by atoms with Gasteiger partial charge in [-0.05, 0) is 5.92 Å². The zero-order valence-electron chi connectivity index (χ0n) is 7.09. The lowest BCUT2D eigenvalue weighted by atomic mass is 10.1. The number of nitrogens with two attached hydrogens (primary N) is 2. The molecule has 0 atom stereocenters. The fourth-order valence-corrected chi connectivity index (χ4v) is 1.08. The lowest BCUT2D eigenvalue weighted by molar-refractivity contribution is 0.838. The van der Waals surface area contributed by atoms with E-state index in [1.54, 1.807) is 0 Å². The molecule has 0 fully saturated rings. The van der Waals surface area contributed by atoms with Gasteiger partial charge in [0, 0.05) is 0 Å². The zero-order valence-corrected chi connectivity index (χ0v) is 7.09. The molecule has 1 rings (SSSR count). The van der Waals surface area contributed by atoms with Crippen LogP contribution in [0.15, 0.2) is 4.79 Å². The van der Waals surface area contributed by atoms with Gasteiger partial charge in [-0.3, -0.25) is 9.78 Å². The van der Waals surface area contributed by atoms with Gasteiger partial charge in [-0.15, -0.1) is 0 Å². The van der Waals surface area contributed by atoms with Gasteiger partial charge in [0.1, 0.15) is 5.82 Å². The quantitative estimate of drug-likeness (QED) is 0.552. The van der Waals surface area contributed by atoms with Crippen LogP contribution in [0.3, 0.4) is 0 Å². The van der Waals surface area contributed by atoms with Crippen LogP contribution in [0.4, 0.5) is 11.8 Å². The van der Waals surface area contributed by atoms with E-state index in [-0.39, 0.29) is 23.2 Å². The predicted molar refractivity (Wildman–Crippen MR) is 47.8 cm³/mol. The first-order chi connectivity index (χ1) is 5.52. The van der Waals surface area contributed by atoms with Crippen LogP contribution < -0.4 is 17.0 Å². The predicted octanol–water partition coefficient (Wildman–Crippen LogP) is 0.0577. The van der Waals surface area contributed by atoms with Crippen molar-refractivity contribution in [1.29, 1.82) is 0 Å². The molecule has 0 aliphatic heterocycles. The molecule has 0 amide bonds. The van der Waals surface area contributed by atoms with Gasteiger partial charge in [-0.1, -0.05) is 13.8 Å². The van der Waals surface area contributed by atoms with E-state index in [1.165, 1.54) is 0 Å². The Bertz CT molecular complexity index is 342. The smallest absolute Gasteiger partial charge is 0.257 e. The number of hydrogen-bond acceptors (Lipinski definition) is 4. The second-order valence-electron chi connectivity index (χ2n) is 2.90. The van der Waals surface area contributed by atoms with Gasteiger partial charge in [0.2, 0.25) is 5.95 Å². The van der Waals surface area contributed by atoms with Gasteiger partial charge in [0.05, 0.1) is 5.56 Å². The molecule has 5 heteroatoms. The second kappa shape index (κ2) is 2.84. The minimum Gasteiger partial charge on any atom is -0.383 e. The molecular formula is C7H12N4O. The summed E-state index contributed by atoms with van der Waals surface area (Å²) in [6.45, 7) is 3.75. The molecule has 5 nitrogen and oxygen atoms in total. The normalized spacial score (nSPS) is 10.6. The molecule has 0 aliphatic rings. The van der Waals surface area contributed by atoms with E-state index in [0.29, 0.717) is 5.56 Å². The molecule has 0 aromatic carbocycles. The number of nitrogen functional groups attached to an aromatic ring is 2. The Kier molecular flexibility index (Phi) is 2.03. The maximum atomic E-state index is 11.2. The molecule has 1 aromatic heterocycles. The molecule has 0 bridgehead atoms. The van der Waals surface area contributed by atoms with E-state index >= 15 is 0 Å². The van der Waals surface area contributed by atoms with E-state index in [0.717, 1.165) is 0 Å². The SMILES string of the molecule is CC(C)c1c(N)nc(N)[nH]c1=O. The molecule has 66 valence electrons. The number of nitrogens with one attached hydrogen (secondary N) is 1. The molecule has 0 radical (unpaired) electrons. The lowest BCUT2D eigenvalue weighted by Gasteiger charge is -2.06. The van der Waals surface area contributed by atoms with Crippen LogP contribution in [0.1, 0.15) is 25.3 Å². The highest BCUT2D eigenvalue weighted by atomic mass is 16.1. The van der Waals surface area contributed by atoms with Gasteiger partial charge in [0.15, 0.2) is 0 Å². The summed E-state index contributed by atoms with van der Waals surface area (Å²) in [6.07, 6.45) is 0. The lowest BCUT2D eigenvalue weighted by Crippen LogP contribution is -2.20. The maximum absolute atomic E-state index is 11.2. The summed E-state index contributed by atoms with van der Waals surface area (Å²) in [7, 11) is 0. The number of aromatic amines is 1. The summed E-state index contributed by atoms with van der Waals surface area (Å²) < 4.78 is 0. The number of H-pyrrole nitrogens is 1.